The standard InChI is InChI=1S/C17H16ClN5O/c1-23-17-12(10-21-23)3-5-14(22-17)15(6-7-19)24-16-8-13(18)4-2-11(16)9-20/h2-5,8,10,15H,6-7,19H2,1H3. The van der Waals surface area contributed by atoms with E-state index in [0.29, 0.717) is 29.3 Å². The van der Waals surface area contributed by atoms with Crippen molar-refractivity contribution in [1.29, 1.82) is 5.26 Å². The fourth-order valence-electron chi connectivity index (χ4n) is 2.47. The van der Waals surface area contributed by atoms with Crippen LogP contribution in [0.4, 0.5) is 0 Å². The second-order valence-electron chi connectivity index (χ2n) is 5.35. The molecule has 3 rings (SSSR count). The molecular weight excluding hydrogens is 326 g/mol. The van der Waals surface area contributed by atoms with Gasteiger partial charge < -0.3 is 10.5 Å². The summed E-state index contributed by atoms with van der Waals surface area (Å²) in [5.74, 6) is 0.426. The number of benzene rings is 1. The zero-order valence-corrected chi connectivity index (χ0v) is 13.9. The second-order valence-corrected chi connectivity index (χ2v) is 5.79. The summed E-state index contributed by atoms with van der Waals surface area (Å²) in [6.07, 6.45) is 1.95. The summed E-state index contributed by atoms with van der Waals surface area (Å²) in [6, 6.07) is 10.9. The molecule has 2 N–H and O–H groups in total. The van der Waals surface area contributed by atoms with Crippen molar-refractivity contribution in [1.82, 2.24) is 14.8 Å². The first-order valence-corrected chi connectivity index (χ1v) is 7.85. The molecule has 2 heterocycles. The van der Waals surface area contributed by atoms with Gasteiger partial charge in [-0.05, 0) is 30.8 Å². The maximum atomic E-state index is 9.25. The zero-order valence-electron chi connectivity index (χ0n) is 13.1. The Hall–Kier alpha value is -2.62. The van der Waals surface area contributed by atoms with Crippen LogP contribution in [0, 0.1) is 11.3 Å². The fraction of sp³-hybridized carbons (Fsp3) is 0.235. The van der Waals surface area contributed by atoms with Crippen LogP contribution in [0.15, 0.2) is 36.5 Å². The average Bonchev–Trinajstić information content (AvgIpc) is 2.95. The monoisotopic (exact) mass is 341 g/mol. The molecule has 24 heavy (non-hydrogen) atoms. The number of aryl methyl sites for hydroxylation is 1. The maximum Gasteiger partial charge on any atom is 0.157 e. The number of pyridine rings is 1. The van der Waals surface area contributed by atoms with Crippen LogP contribution in [0.2, 0.25) is 5.02 Å². The van der Waals surface area contributed by atoms with Crippen molar-refractivity contribution < 1.29 is 4.74 Å². The van der Waals surface area contributed by atoms with Crippen LogP contribution in [-0.2, 0) is 7.05 Å². The number of fused-ring (bicyclic) bond motifs is 1. The first-order valence-electron chi connectivity index (χ1n) is 7.47. The highest BCUT2D eigenvalue weighted by Crippen LogP contribution is 2.29. The molecule has 0 radical (unpaired) electrons. The van der Waals surface area contributed by atoms with E-state index in [1.54, 1.807) is 29.1 Å². The van der Waals surface area contributed by atoms with Crippen molar-refractivity contribution in [2.45, 2.75) is 12.5 Å². The predicted molar refractivity (Wildman–Crippen MR) is 91.7 cm³/mol. The van der Waals surface area contributed by atoms with Gasteiger partial charge in [-0.1, -0.05) is 11.6 Å². The number of nitriles is 1. The summed E-state index contributed by atoms with van der Waals surface area (Å²) < 4.78 is 7.74. The van der Waals surface area contributed by atoms with Gasteiger partial charge in [-0.25, -0.2) is 4.98 Å². The smallest absolute Gasteiger partial charge is 0.157 e. The fourth-order valence-corrected chi connectivity index (χ4v) is 2.64. The molecule has 0 aliphatic carbocycles. The highest BCUT2D eigenvalue weighted by Gasteiger charge is 2.18. The van der Waals surface area contributed by atoms with E-state index in [4.69, 9.17) is 22.1 Å². The second kappa shape index (κ2) is 6.87. The molecule has 0 bridgehead atoms. The summed E-state index contributed by atoms with van der Waals surface area (Å²) in [6.45, 7) is 0.429. The van der Waals surface area contributed by atoms with Gasteiger partial charge in [0.1, 0.15) is 17.9 Å². The number of ether oxygens (including phenoxy) is 1. The van der Waals surface area contributed by atoms with Crippen molar-refractivity contribution in [3.8, 4) is 11.8 Å². The molecule has 1 atom stereocenters. The van der Waals surface area contributed by atoms with Gasteiger partial charge in [-0.2, -0.15) is 10.4 Å². The molecule has 0 fully saturated rings. The molecule has 1 unspecified atom stereocenters. The third-order valence-electron chi connectivity index (χ3n) is 3.70. The van der Waals surface area contributed by atoms with Crippen LogP contribution < -0.4 is 10.5 Å². The van der Waals surface area contributed by atoms with E-state index in [1.165, 1.54) is 0 Å². The number of rotatable bonds is 5. The lowest BCUT2D eigenvalue weighted by Crippen LogP contribution is -2.15. The first kappa shape index (κ1) is 16.2. The van der Waals surface area contributed by atoms with Crippen molar-refractivity contribution >= 4 is 22.6 Å². The quantitative estimate of drug-likeness (QED) is 0.770. The Kier molecular flexibility index (Phi) is 4.65. The van der Waals surface area contributed by atoms with Gasteiger partial charge in [0.2, 0.25) is 0 Å². The third kappa shape index (κ3) is 3.18. The lowest BCUT2D eigenvalue weighted by molar-refractivity contribution is 0.192. The molecule has 0 aliphatic rings. The topological polar surface area (TPSA) is 89.8 Å². The van der Waals surface area contributed by atoms with Gasteiger partial charge >= 0.3 is 0 Å². The summed E-state index contributed by atoms with van der Waals surface area (Å²) in [5, 5.41) is 14.9. The zero-order chi connectivity index (χ0) is 17.1. The van der Waals surface area contributed by atoms with E-state index in [9.17, 15) is 5.26 Å². The van der Waals surface area contributed by atoms with Crippen molar-refractivity contribution in [2.75, 3.05) is 6.54 Å². The molecule has 7 heteroatoms. The lowest BCUT2D eigenvalue weighted by atomic mass is 10.1. The predicted octanol–water partition coefficient (Wildman–Crippen LogP) is 2.96. The molecule has 122 valence electrons. The molecule has 0 spiro atoms. The minimum Gasteiger partial charge on any atom is -0.483 e. The van der Waals surface area contributed by atoms with Crippen LogP contribution in [0.1, 0.15) is 23.8 Å². The Morgan fingerprint density at radius 1 is 1.38 bits per heavy atom. The van der Waals surface area contributed by atoms with Gasteiger partial charge in [0.15, 0.2) is 5.65 Å². The van der Waals surface area contributed by atoms with E-state index in [0.717, 1.165) is 16.7 Å². The SMILES string of the molecule is Cn1ncc2ccc(C(CCN)Oc3cc(Cl)ccc3C#N)nc21. The lowest BCUT2D eigenvalue weighted by Gasteiger charge is -2.19. The van der Waals surface area contributed by atoms with E-state index in [-0.39, 0.29) is 6.10 Å². The Labute approximate surface area is 144 Å². The molecule has 0 saturated carbocycles. The minimum atomic E-state index is -0.375. The highest BCUT2D eigenvalue weighted by atomic mass is 35.5. The largest absolute Gasteiger partial charge is 0.483 e. The summed E-state index contributed by atoms with van der Waals surface area (Å²) in [7, 11) is 1.84. The van der Waals surface area contributed by atoms with Crippen molar-refractivity contribution in [2.24, 2.45) is 12.8 Å². The normalized spacial score (nSPS) is 12.1. The summed E-state index contributed by atoms with van der Waals surface area (Å²) >= 11 is 6.02. The van der Waals surface area contributed by atoms with Crippen LogP contribution in [0.3, 0.4) is 0 Å². The number of nitrogens with zero attached hydrogens (tertiary/aromatic N) is 4. The summed E-state index contributed by atoms with van der Waals surface area (Å²) in [4.78, 5) is 4.63. The van der Waals surface area contributed by atoms with Gasteiger partial charge in [0.05, 0.1) is 17.5 Å². The van der Waals surface area contributed by atoms with Gasteiger partial charge in [0.25, 0.3) is 0 Å². The molecule has 2 aromatic heterocycles. The van der Waals surface area contributed by atoms with E-state index < -0.39 is 0 Å². The average molecular weight is 342 g/mol. The third-order valence-corrected chi connectivity index (χ3v) is 3.93. The van der Waals surface area contributed by atoms with Crippen LogP contribution >= 0.6 is 11.6 Å². The number of aromatic nitrogens is 3. The van der Waals surface area contributed by atoms with Crippen LogP contribution in [0.5, 0.6) is 5.75 Å². The van der Waals surface area contributed by atoms with Crippen LogP contribution in [0.25, 0.3) is 11.0 Å². The Morgan fingerprint density at radius 2 is 2.21 bits per heavy atom. The van der Waals surface area contributed by atoms with Crippen molar-refractivity contribution in [3.63, 3.8) is 0 Å². The number of nitrogens with two attached hydrogens (primary N) is 1. The molecule has 0 aliphatic heterocycles. The number of halogens is 1. The number of hydrogen-bond acceptors (Lipinski definition) is 5. The van der Waals surface area contributed by atoms with E-state index >= 15 is 0 Å². The Morgan fingerprint density at radius 3 is 2.96 bits per heavy atom. The maximum absolute atomic E-state index is 9.25. The highest BCUT2D eigenvalue weighted by molar-refractivity contribution is 6.30. The first-order chi connectivity index (χ1) is 11.6. The van der Waals surface area contributed by atoms with Gasteiger partial charge in [0, 0.05) is 29.9 Å². The molecule has 0 saturated heterocycles. The van der Waals surface area contributed by atoms with Gasteiger partial charge in [-0.15, -0.1) is 0 Å². The van der Waals surface area contributed by atoms with E-state index in [2.05, 4.69) is 16.2 Å². The van der Waals surface area contributed by atoms with Crippen LogP contribution in [-0.4, -0.2) is 21.3 Å². The van der Waals surface area contributed by atoms with Gasteiger partial charge in [-0.3, -0.25) is 4.68 Å². The molecular formula is C17H16ClN5O. The molecule has 3 aromatic rings. The number of hydrogen-bond donors (Lipinski definition) is 1. The van der Waals surface area contributed by atoms with Crippen molar-refractivity contribution in [3.05, 3.63) is 52.8 Å². The Balaban J connectivity index is 1.98. The summed E-state index contributed by atoms with van der Waals surface area (Å²) in [5.41, 5.74) is 7.65. The molecule has 0 amide bonds. The Bertz CT molecular complexity index is 915. The minimum absolute atomic E-state index is 0.375. The molecule has 6 nitrogen and oxygen atoms in total. The van der Waals surface area contributed by atoms with E-state index in [1.807, 2.05) is 19.2 Å². The molecule has 1 aromatic carbocycles.